The Kier molecular flexibility index (Phi) is 6.92. The van der Waals surface area contributed by atoms with E-state index in [4.69, 9.17) is 18.9 Å². The number of amides is 1. The molecule has 0 radical (unpaired) electrons. The molecule has 0 aromatic heterocycles. The second-order valence-corrected chi connectivity index (χ2v) is 6.41. The van der Waals surface area contributed by atoms with E-state index in [2.05, 4.69) is 5.32 Å². The van der Waals surface area contributed by atoms with Gasteiger partial charge in [-0.05, 0) is 60.9 Å². The molecule has 1 N–H and O–H groups in total. The summed E-state index contributed by atoms with van der Waals surface area (Å²) in [6.45, 7) is 1.37. The van der Waals surface area contributed by atoms with Crippen LogP contribution in [0, 0.1) is 0 Å². The van der Waals surface area contributed by atoms with Crippen LogP contribution in [0.4, 0.5) is 5.69 Å². The summed E-state index contributed by atoms with van der Waals surface area (Å²) in [5.41, 5.74) is 1.54. The number of benzene rings is 2. The van der Waals surface area contributed by atoms with Crippen molar-refractivity contribution in [3.63, 3.8) is 0 Å². The molecule has 0 saturated carbocycles. The highest BCUT2D eigenvalue weighted by Gasteiger charge is 2.15. The summed E-state index contributed by atoms with van der Waals surface area (Å²) in [5.74, 6) is 1.80. The average Bonchev–Trinajstić information content (AvgIpc) is 3.25. The Morgan fingerprint density at radius 3 is 2.61 bits per heavy atom. The first-order valence-electron chi connectivity index (χ1n) is 9.23. The van der Waals surface area contributed by atoms with Gasteiger partial charge in [-0.15, -0.1) is 0 Å². The van der Waals surface area contributed by atoms with Crippen LogP contribution in [0.25, 0.3) is 6.08 Å². The minimum absolute atomic E-state index is 0.182. The minimum atomic E-state index is -0.220. The van der Waals surface area contributed by atoms with Crippen molar-refractivity contribution in [2.75, 3.05) is 32.8 Å². The van der Waals surface area contributed by atoms with Gasteiger partial charge in [-0.25, -0.2) is 0 Å². The van der Waals surface area contributed by atoms with Crippen LogP contribution in [0.15, 0.2) is 48.5 Å². The van der Waals surface area contributed by atoms with Gasteiger partial charge in [0.1, 0.15) is 12.4 Å². The first-order chi connectivity index (χ1) is 13.7. The Labute approximate surface area is 165 Å². The molecule has 1 aliphatic rings. The molecule has 2 aromatic carbocycles. The summed E-state index contributed by atoms with van der Waals surface area (Å²) in [5, 5.41) is 2.83. The zero-order valence-corrected chi connectivity index (χ0v) is 16.1. The summed E-state index contributed by atoms with van der Waals surface area (Å²) >= 11 is 0. The quantitative estimate of drug-likeness (QED) is 0.700. The Balaban J connectivity index is 1.52. The highest BCUT2D eigenvalue weighted by atomic mass is 16.5. The second-order valence-electron chi connectivity index (χ2n) is 6.41. The van der Waals surface area contributed by atoms with Crippen molar-refractivity contribution >= 4 is 17.7 Å². The Morgan fingerprint density at radius 2 is 1.93 bits per heavy atom. The van der Waals surface area contributed by atoms with Crippen molar-refractivity contribution in [1.29, 1.82) is 0 Å². The maximum Gasteiger partial charge on any atom is 0.248 e. The lowest BCUT2D eigenvalue weighted by Gasteiger charge is -2.11. The van der Waals surface area contributed by atoms with E-state index in [0.29, 0.717) is 23.8 Å². The van der Waals surface area contributed by atoms with Crippen LogP contribution in [0.5, 0.6) is 17.2 Å². The average molecular weight is 383 g/mol. The molecule has 2 aromatic rings. The van der Waals surface area contributed by atoms with Gasteiger partial charge in [0.05, 0.1) is 20.3 Å². The zero-order valence-electron chi connectivity index (χ0n) is 16.1. The number of hydrogen-bond acceptors (Lipinski definition) is 5. The van der Waals surface area contributed by atoms with Crippen LogP contribution in [0.3, 0.4) is 0 Å². The van der Waals surface area contributed by atoms with Crippen molar-refractivity contribution in [2.24, 2.45) is 0 Å². The van der Waals surface area contributed by atoms with Crippen molar-refractivity contribution in [3.05, 3.63) is 54.1 Å². The van der Waals surface area contributed by atoms with Crippen molar-refractivity contribution in [2.45, 2.75) is 18.9 Å². The Hall–Kier alpha value is -2.99. The number of carbonyl (C=O) groups is 1. The summed E-state index contributed by atoms with van der Waals surface area (Å²) in [6, 6.07) is 12.8. The molecule has 3 rings (SSSR count). The number of ether oxygens (including phenoxy) is 4. The lowest BCUT2D eigenvalue weighted by molar-refractivity contribution is -0.111. The molecule has 1 heterocycles. The molecule has 6 nitrogen and oxygen atoms in total. The van der Waals surface area contributed by atoms with Crippen molar-refractivity contribution in [1.82, 2.24) is 0 Å². The molecule has 1 aliphatic heterocycles. The molecule has 1 fully saturated rings. The summed E-state index contributed by atoms with van der Waals surface area (Å²) < 4.78 is 21.7. The molecule has 1 amide bonds. The van der Waals surface area contributed by atoms with E-state index in [1.165, 1.54) is 6.08 Å². The van der Waals surface area contributed by atoms with Gasteiger partial charge in [-0.1, -0.05) is 6.07 Å². The first kappa shape index (κ1) is 19.8. The smallest absolute Gasteiger partial charge is 0.248 e. The van der Waals surface area contributed by atoms with Gasteiger partial charge >= 0.3 is 0 Å². The predicted molar refractivity (Wildman–Crippen MR) is 108 cm³/mol. The molecule has 0 bridgehead atoms. The number of methoxy groups -OCH3 is 2. The highest BCUT2D eigenvalue weighted by Crippen LogP contribution is 2.28. The number of rotatable bonds is 8. The molecule has 1 unspecified atom stereocenters. The fourth-order valence-electron chi connectivity index (χ4n) is 2.91. The van der Waals surface area contributed by atoms with Gasteiger partial charge < -0.3 is 24.3 Å². The normalized spacial score (nSPS) is 16.1. The molecular formula is C22H25NO5. The van der Waals surface area contributed by atoms with Gasteiger partial charge in [0.25, 0.3) is 0 Å². The van der Waals surface area contributed by atoms with Crippen molar-refractivity contribution in [3.8, 4) is 17.2 Å². The molecule has 6 heteroatoms. The number of hydrogen-bond donors (Lipinski definition) is 1. The number of anilines is 1. The van der Waals surface area contributed by atoms with Crippen molar-refractivity contribution < 1.29 is 23.7 Å². The largest absolute Gasteiger partial charge is 0.493 e. The first-order valence-corrected chi connectivity index (χ1v) is 9.23. The summed E-state index contributed by atoms with van der Waals surface area (Å²) in [4.78, 5) is 12.1. The maximum atomic E-state index is 12.1. The topological polar surface area (TPSA) is 66.0 Å². The van der Waals surface area contributed by atoms with Crippen LogP contribution in [-0.4, -0.2) is 39.4 Å². The van der Waals surface area contributed by atoms with Crippen LogP contribution in [0.2, 0.25) is 0 Å². The van der Waals surface area contributed by atoms with Crippen LogP contribution in [-0.2, 0) is 9.53 Å². The SMILES string of the molecule is COc1ccc(C=CC(=O)Nc2ccc(OCC3CCCO3)cc2)cc1OC. The summed E-state index contributed by atoms with van der Waals surface area (Å²) in [6.07, 6.45) is 5.51. The van der Waals surface area contributed by atoms with E-state index >= 15 is 0 Å². The van der Waals surface area contributed by atoms with E-state index in [9.17, 15) is 4.79 Å². The van der Waals surface area contributed by atoms with Gasteiger partial charge in [0.2, 0.25) is 5.91 Å². The van der Waals surface area contributed by atoms with Crippen LogP contribution < -0.4 is 19.5 Å². The fraction of sp³-hybridized carbons (Fsp3) is 0.318. The molecular weight excluding hydrogens is 358 g/mol. The fourth-order valence-corrected chi connectivity index (χ4v) is 2.91. The minimum Gasteiger partial charge on any atom is -0.493 e. The molecule has 1 saturated heterocycles. The van der Waals surface area contributed by atoms with Crippen LogP contribution in [0.1, 0.15) is 18.4 Å². The number of nitrogens with one attached hydrogen (secondary N) is 1. The predicted octanol–water partition coefficient (Wildman–Crippen LogP) is 3.91. The van der Waals surface area contributed by atoms with E-state index in [-0.39, 0.29) is 12.0 Å². The van der Waals surface area contributed by atoms with E-state index in [1.807, 2.05) is 36.4 Å². The Morgan fingerprint density at radius 1 is 1.14 bits per heavy atom. The van der Waals surface area contributed by atoms with Gasteiger partial charge in [-0.2, -0.15) is 0 Å². The third-order valence-electron chi connectivity index (χ3n) is 4.42. The second kappa shape index (κ2) is 9.80. The highest BCUT2D eigenvalue weighted by molar-refractivity contribution is 6.01. The molecule has 0 aliphatic carbocycles. The third kappa shape index (κ3) is 5.50. The van der Waals surface area contributed by atoms with E-state index in [1.54, 1.807) is 26.4 Å². The maximum absolute atomic E-state index is 12.1. The summed E-state index contributed by atoms with van der Waals surface area (Å²) in [7, 11) is 3.16. The van der Waals surface area contributed by atoms with E-state index < -0.39 is 0 Å². The van der Waals surface area contributed by atoms with Gasteiger partial charge in [-0.3, -0.25) is 4.79 Å². The molecule has 1 atom stereocenters. The third-order valence-corrected chi connectivity index (χ3v) is 4.42. The standard InChI is InChI=1S/C22H25NO5/c1-25-20-11-5-16(14-21(20)26-2)6-12-22(24)23-17-7-9-18(10-8-17)28-15-19-4-3-13-27-19/h5-12,14,19H,3-4,13,15H2,1-2H3,(H,23,24). The monoisotopic (exact) mass is 383 g/mol. The lowest BCUT2D eigenvalue weighted by Crippen LogP contribution is -2.16. The molecule has 148 valence electrons. The van der Waals surface area contributed by atoms with Gasteiger partial charge in [0, 0.05) is 18.4 Å². The molecule has 28 heavy (non-hydrogen) atoms. The Bertz CT molecular complexity index is 810. The zero-order chi connectivity index (χ0) is 19.8. The lowest BCUT2D eigenvalue weighted by atomic mass is 10.2. The van der Waals surface area contributed by atoms with E-state index in [0.717, 1.165) is 30.8 Å². The van der Waals surface area contributed by atoms with Gasteiger partial charge in [0.15, 0.2) is 11.5 Å². The molecule has 0 spiro atoms. The van der Waals surface area contributed by atoms with Crippen LogP contribution >= 0.6 is 0 Å². The number of carbonyl (C=O) groups excluding carboxylic acids is 1.